The molecule has 5 nitrogen and oxygen atoms in total. The number of aromatic nitrogens is 3. The maximum absolute atomic E-state index is 13.0. The van der Waals surface area contributed by atoms with Crippen molar-refractivity contribution in [2.75, 3.05) is 11.6 Å². The van der Waals surface area contributed by atoms with Gasteiger partial charge in [0.15, 0.2) is 11.3 Å². The summed E-state index contributed by atoms with van der Waals surface area (Å²) in [6.07, 6.45) is 1.98. The highest BCUT2D eigenvalue weighted by molar-refractivity contribution is 7.98. The number of para-hydroxylation sites is 1. The van der Waals surface area contributed by atoms with Crippen LogP contribution in [-0.2, 0) is 0 Å². The van der Waals surface area contributed by atoms with Crippen molar-refractivity contribution < 1.29 is 4.79 Å². The van der Waals surface area contributed by atoms with Gasteiger partial charge in [-0.25, -0.2) is 9.50 Å². The van der Waals surface area contributed by atoms with E-state index in [1.165, 1.54) is 0 Å². The molecule has 0 spiro atoms. The molecule has 3 aromatic carbocycles. The molecule has 0 bridgehead atoms. The Morgan fingerprint density at radius 3 is 2.22 bits per heavy atom. The van der Waals surface area contributed by atoms with Gasteiger partial charge >= 0.3 is 0 Å². The fraction of sp³-hybridized carbons (Fsp3) is 0.0385. The van der Waals surface area contributed by atoms with Gasteiger partial charge < -0.3 is 5.32 Å². The second-order valence-electron chi connectivity index (χ2n) is 7.21. The van der Waals surface area contributed by atoms with Gasteiger partial charge in [-0.1, -0.05) is 72.8 Å². The molecule has 0 radical (unpaired) electrons. The van der Waals surface area contributed by atoms with Crippen LogP contribution >= 0.6 is 11.8 Å². The Bertz CT molecular complexity index is 1400. The van der Waals surface area contributed by atoms with E-state index < -0.39 is 0 Å². The maximum Gasteiger partial charge on any atom is 0.276 e. The topological polar surface area (TPSA) is 59.3 Å². The Labute approximate surface area is 190 Å². The van der Waals surface area contributed by atoms with Crippen LogP contribution in [0.4, 0.5) is 5.69 Å². The van der Waals surface area contributed by atoms with Crippen molar-refractivity contribution in [1.82, 2.24) is 14.6 Å². The van der Waals surface area contributed by atoms with Gasteiger partial charge in [0.2, 0.25) is 0 Å². The number of carbonyl (C=O) groups is 1. The van der Waals surface area contributed by atoms with E-state index >= 15 is 0 Å². The number of nitrogens with one attached hydrogen (secondary N) is 1. The number of fused-ring (bicyclic) bond motifs is 1. The van der Waals surface area contributed by atoms with Gasteiger partial charge in [0.25, 0.3) is 5.91 Å². The van der Waals surface area contributed by atoms with E-state index in [1.807, 2.05) is 97.3 Å². The number of benzene rings is 3. The number of amides is 1. The summed E-state index contributed by atoms with van der Waals surface area (Å²) >= 11 is 1.58. The number of hydrogen-bond donors (Lipinski definition) is 1. The van der Waals surface area contributed by atoms with Crippen LogP contribution in [0.15, 0.2) is 102 Å². The normalized spacial score (nSPS) is 10.9. The van der Waals surface area contributed by atoms with Crippen LogP contribution in [-0.4, -0.2) is 26.8 Å². The van der Waals surface area contributed by atoms with Gasteiger partial charge in [0.1, 0.15) is 0 Å². The first-order valence-electron chi connectivity index (χ1n) is 10.2. The van der Waals surface area contributed by atoms with Crippen LogP contribution in [0.2, 0.25) is 0 Å². The van der Waals surface area contributed by atoms with Gasteiger partial charge in [0.05, 0.1) is 17.1 Å². The molecule has 0 aliphatic heterocycles. The largest absolute Gasteiger partial charge is 0.320 e. The first kappa shape index (κ1) is 20.0. The van der Waals surface area contributed by atoms with Crippen molar-refractivity contribution >= 4 is 29.0 Å². The predicted molar refractivity (Wildman–Crippen MR) is 130 cm³/mol. The molecule has 5 aromatic rings. The summed E-state index contributed by atoms with van der Waals surface area (Å²) in [5.41, 5.74) is 5.41. The molecule has 6 heteroatoms. The number of rotatable bonds is 5. The molecular formula is C26H20N4OS. The Morgan fingerprint density at radius 1 is 0.844 bits per heavy atom. The molecule has 0 unspecified atom stereocenters. The molecular weight excluding hydrogens is 416 g/mol. The van der Waals surface area contributed by atoms with Crippen molar-refractivity contribution in [1.29, 1.82) is 0 Å². The predicted octanol–water partition coefficient (Wildman–Crippen LogP) is 6.04. The standard InChI is InChI=1S/C26H20N4OS/c1-32-24-15-9-8-14-20(24)28-26(31)22-17-25-27-21(18-10-4-2-5-11-18)16-23(30(25)29-22)19-12-6-3-7-13-19/h2-17H,1H3,(H,28,31). The Kier molecular flexibility index (Phi) is 5.44. The highest BCUT2D eigenvalue weighted by Crippen LogP contribution is 2.28. The molecule has 0 saturated heterocycles. The summed E-state index contributed by atoms with van der Waals surface area (Å²) in [6, 6.07) is 31.5. The molecule has 2 aromatic heterocycles. The highest BCUT2D eigenvalue weighted by atomic mass is 32.2. The molecule has 0 fully saturated rings. The summed E-state index contributed by atoms with van der Waals surface area (Å²) in [5, 5.41) is 7.59. The first-order chi connectivity index (χ1) is 15.7. The molecule has 0 atom stereocenters. The minimum Gasteiger partial charge on any atom is -0.320 e. The zero-order valence-corrected chi connectivity index (χ0v) is 18.2. The number of hydrogen-bond acceptors (Lipinski definition) is 4. The van der Waals surface area contributed by atoms with Gasteiger partial charge in [-0.05, 0) is 24.5 Å². The lowest BCUT2D eigenvalue weighted by Gasteiger charge is -2.09. The van der Waals surface area contributed by atoms with Gasteiger partial charge in [-0.15, -0.1) is 11.8 Å². The Hall–Kier alpha value is -3.90. The molecule has 0 saturated carbocycles. The quantitative estimate of drug-likeness (QED) is 0.341. The third kappa shape index (κ3) is 3.88. The summed E-state index contributed by atoms with van der Waals surface area (Å²) in [5.74, 6) is -0.266. The monoisotopic (exact) mass is 436 g/mol. The fourth-order valence-corrected chi connectivity index (χ4v) is 4.14. The van der Waals surface area contributed by atoms with Crippen molar-refractivity contribution in [3.63, 3.8) is 0 Å². The average Bonchev–Trinajstić information content (AvgIpc) is 3.29. The third-order valence-electron chi connectivity index (χ3n) is 5.15. The van der Waals surface area contributed by atoms with Crippen LogP contribution in [0.5, 0.6) is 0 Å². The summed E-state index contributed by atoms with van der Waals surface area (Å²) < 4.78 is 1.73. The van der Waals surface area contributed by atoms with E-state index in [0.717, 1.165) is 33.1 Å². The molecule has 1 N–H and O–H groups in total. The third-order valence-corrected chi connectivity index (χ3v) is 5.95. The van der Waals surface area contributed by atoms with Crippen molar-refractivity contribution in [3.8, 4) is 22.5 Å². The SMILES string of the molecule is CSc1ccccc1NC(=O)c1cc2nc(-c3ccccc3)cc(-c3ccccc3)n2n1. The van der Waals surface area contributed by atoms with E-state index in [0.29, 0.717) is 11.3 Å². The summed E-state index contributed by atoms with van der Waals surface area (Å²) in [6.45, 7) is 0. The summed E-state index contributed by atoms with van der Waals surface area (Å²) in [4.78, 5) is 18.8. The molecule has 1 amide bonds. The molecule has 156 valence electrons. The second-order valence-corrected chi connectivity index (χ2v) is 8.06. The van der Waals surface area contributed by atoms with Crippen LogP contribution in [0.25, 0.3) is 28.2 Å². The van der Waals surface area contributed by atoms with Crippen LogP contribution in [0.1, 0.15) is 10.5 Å². The number of anilines is 1. The fourth-order valence-electron chi connectivity index (χ4n) is 3.59. The highest BCUT2D eigenvalue weighted by Gasteiger charge is 2.17. The molecule has 5 rings (SSSR count). The lowest BCUT2D eigenvalue weighted by atomic mass is 10.1. The van der Waals surface area contributed by atoms with Crippen LogP contribution in [0.3, 0.4) is 0 Å². The van der Waals surface area contributed by atoms with Gasteiger partial charge in [0, 0.05) is 22.1 Å². The maximum atomic E-state index is 13.0. The van der Waals surface area contributed by atoms with Crippen molar-refractivity contribution in [2.24, 2.45) is 0 Å². The lowest BCUT2D eigenvalue weighted by molar-refractivity contribution is 0.102. The van der Waals surface area contributed by atoms with E-state index in [1.54, 1.807) is 22.3 Å². The van der Waals surface area contributed by atoms with E-state index in [4.69, 9.17) is 4.98 Å². The molecule has 32 heavy (non-hydrogen) atoms. The molecule has 2 heterocycles. The van der Waals surface area contributed by atoms with E-state index in [9.17, 15) is 4.79 Å². The second kappa shape index (κ2) is 8.69. The zero-order valence-electron chi connectivity index (χ0n) is 17.4. The first-order valence-corrected chi connectivity index (χ1v) is 11.4. The smallest absolute Gasteiger partial charge is 0.276 e. The van der Waals surface area contributed by atoms with Gasteiger partial charge in [-0.2, -0.15) is 5.10 Å². The minimum atomic E-state index is -0.266. The Morgan fingerprint density at radius 2 is 1.50 bits per heavy atom. The number of nitrogens with zero attached hydrogens (tertiary/aromatic N) is 3. The van der Waals surface area contributed by atoms with Crippen molar-refractivity contribution in [2.45, 2.75) is 4.90 Å². The number of carbonyl (C=O) groups excluding carboxylic acids is 1. The lowest BCUT2D eigenvalue weighted by Crippen LogP contribution is -2.13. The number of thioether (sulfide) groups is 1. The molecule has 0 aliphatic carbocycles. The van der Waals surface area contributed by atoms with Crippen LogP contribution in [0, 0.1) is 0 Å². The van der Waals surface area contributed by atoms with Gasteiger partial charge in [-0.3, -0.25) is 4.79 Å². The van der Waals surface area contributed by atoms with E-state index in [2.05, 4.69) is 10.4 Å². The Balaban J connectivity index is 1.61. The summed E-state index contributed by atoms with van der Waals surface area (Å²) in [7, 11) is 0. The van der Waals surface area contributed by atoms with E-state index in [-0.39, 0.29) is 5.91 Å². The average molecular weight is 437 g/mol. The molecule has 0 aliphatic rings. The van der Waals surface area contributed by atoms with Crippen LogP contribution < -0.4 is 5.32 Å². The zero-order chi connectivity index (χ0) is 21.9. The van der Waals surface area contributed by atoms with Crippen molar-refractivity contribution in [3.05, 3.63) is 103 Å². The minimum absolute atomic E-state index is 0.266.